The van der Waals surface area contributed by atoms with E-state index in [1.807, 2.05) is 45.0 Å². The summed E-state index contributed by atoms with van der Waals surface area (Å²) in [5, 5.41) is 14.1. The Balaban J connectivity index is 1.25. The molecule has 3 aromatic rings. The molecule has 1 amide bonds. The number of fused-ring (bicyclic) bond motifs is 2. The molecule has 1 N–H and O–H groups in total. The molecule has 1 aromatic heterocycles. The highest BCUT2D eigenvalue weighted by Gasteiger charge is 2.32. The van der Waals surface area contributed by atoms with Crippen LogP contribution in [0.25, 0.3) is 16.5 Å². The van der Waals surface area contributed by atoms with E-state index >= 15 is 0 Å². The lowest BCUT2D eigenvalue weighted by Gasteiger charge is -2.39. The van der Waals surface area contributed by atoms with Gasteiger partial charge in [-0.25, -0.2) is 9.79 Å². The molecule has 4 heterocycles. The van der Waals surface area contributed by atoms with Crippen LogP contribution in [-0.2, 0) is 15.9 Å². The van der Waals surface area contributed by atoms with Gasteiger partial charge in [0.1, 0.15) is 23.6 Å². The Morgan fingerprint density at radius 3 is 2.77 bits per heavy atom. The molecule has 0 radical (unpaired) electrons. The Morgan fingerprint density at radius 1 is 1.14 bits per heavy atom. The Morgan fingerprint density at radius 2 is 2.00 bits per heavy atom. The van der Waals surface area contributed by atoms with Crippen LogP contribution in [0.1, 0.15) is 50.8 Å². The predicted octanol–water partition coefficient (Wildman–Crippen LogP) is 5.60. The van der Waals surface area contributed by atoms with Gasteiger partial charge in [-0.05, 0) is 87.6 Å². The molecular formula is C34H38N6O3. The van der Waals surface area contributed by atoms with E-state index in [-0.39, 0.29) is 18.3 Å². The van der Waals surface area contributed by atoms with Gasteiger partial charge in [0.15, 0.2) is 0 Å². The number of aliphatic imine (C=N–C) groups is 1. The maximum absolute atomic E-state index is 12.6. The van der Waals surface area contributed by atoms with E-state index in [1.54, 1.807) is 11.1 Å². The number of nitriles is 1. The van der Waals surface area contributed by atoms with Gasteiger partial charge in [0, 0.05) is 43.4 Å². The van der Waals surface area contributed by atoms with E-state index in [9.17, 15) is 10.1 Å². The van der Waals surface area contributed by atoms with Crippen molar-refractivity contribution in [1.82, 2.24) is 15.2 Å². The number of nitrogens with zero attached hydrogens (tertiary/aromatic N) is 5. The summed E-state index contributed by atoms with van der Waals surface area (Å²) in [6.45, 7) is 11.0. The maximum atomic E-state index is 12.6. The summed E-state index contributed by atoms with van der Waals surface area (Å²) in [6.07, 6.45) is 4.96. The van der Waals surface area contributed by atoms with Crippen LogP contribution in [0, 0.1) is 11.3 Å². The number of amidine groups is 1. The van der Waals surface area contributed by atoms with Crippen molar-refractivity contribution in [1.29, 1.82) is 5.26 Å². The molecule has 6 rings (SSSR count). The normalized spacial score (nSPS) is 20.7. The first-order valence-electron chi connectivity index (χ1n) is 15.0. The van der Waals surface area contributed by atoms with E-state index in [0.29, 0.717) is 25.2 Å². The zero-order valence-electron chi connectivity index (χ0n) is 25.3. The molecule has 43 heavy (non-hydrogen) atoms. The van der Waals surface area contributed by atoms with Gasteiger partial charge < -0.3 is 24.6 Å². The first-order valence-corrected chi connectivity index (χ1v) is 15.0. The highest BCUT2D eigenvalue weighted by Crippen LogP contribution is 2.34. The number of amides is 1. The molecule has 0 aliphatic carbocycles. The van der Waals surface area contributed by atoms with Crippen LogP contribution >= 0.6 is 0 Å². The van der Waals surface area contributed by atoms with Gasteiger partial charge in [0.05, 0.1) is 29.4 Å². The molecule has 9 heteroatoms. The number of pyridine rings is 1. The summed E-state index contributed by atoms with van der Waals surface area (Å²) in [4.78, 5) is 26.3. The Kier molecular flexibility index (Phi) is 7.80. The third kappa shape index (κ3) is 6.06. The monoisotopic (exact) mass is 578 g/mol. The van der Waals surface area contributed by atoms with E-state index in [0.717, 1.165) is 54.0 Å². The Bertz CT molecular complexity index is 1650. The number of anilines is 1. The van der Waals surface area contributed by atoms with Gasteiger partial charge in [-0.2, -0.15) is 5.26 Å². The fourth-order valence-electron chi connectivity index (χ4n) is 6.14. The van der Waals surface area contributed by atoms with E-state index < -0.39 is 5.60 Å². The third-order valence-corrected chi connectivity index (χ3v) is 8.05. The lowest BCUT2D eigenvalue weighted by molar-refractivity contribution is 0.0190. The van der Waals surface area contributed by atoms with Gasteiger partial charge in [-0.15, -0.1) is 0 Å². The van der Waals surface area contributed by atoms with Gasteiger partial charge in [0.2, 0.25) is 0 Å². The summed E-state index contributed by atoms with van der Waals surface area (Å²) < 4.78 is 12.0. The fraction of sp³-hybridized carbons (Fsp3) is 0.412. The number of carbonyl (C=O) groups excluding carboxylic acids is 1. The van der Waals surface area contributed by atoms with Crippen molar-refractivity contribution >= 4 is 39.8 Å². The van der Waals surface area contributed by atoms with Crippen molar-refractivity contribution < 1.29 is 14.3 Å². The number of hydrogen-bond donors (Lipinski definition) is 1. The minimum atomic E-state index is -0.509. The van der Waals surface area contributed by atoms with Crippen molar-refractivity contribution in [2.24, 2.45) is 4.99 Å². The molecule has 0 unspecified atom stereocenters. The molecule has 2 aromatic carbocycles. The molecular weight excluding hydrogens is 540 g/mol. The highest BCUT2D eigenvalue weighted by molar-refractivity contribution is 5.96. The number of rotatable bonds is 3. The molecule has 9 nitrogen and oxygen atoms in total. The zero-order valence-corrected chi connectivity index (χ0v) is 25.3. The van der Waals surface area contributed by atoms with Gasteiger partial charge >= 0.3 is 6.09 Å². The summed E-state index contributed by atoms with van der Waals surface area (Å²) in [6, 6.07) is 16.4. The van der Waals surface area contributed by atoms with E-state index in [1.165, 1.54) is 16.7 Å². The SMILES string of the molecule is C[C@@H]1CN(c2ccc(C#N)c3ncccc23)C[C@H](C2=Nc3cccc(C4=CCN(C(=O)OC(C)(C)C)CC4)c3CCN2)O1. The average molecular weight is 579 g/mol. The van der Waals surface area contributed by atoms with Crippen molar-refractivity contribution in [2.75, 3.05) is 37.6 Å². The minimum Gasteiger partial charge on any atom is -0.444 e. The number of morpholine rings is 1. The van der Waals surface area contributed by atoms with Crippen molar-refractivity contribution in [3.63, 3.8) is 0 Å². The third-order valence-electron chi connectivity index (χ3n) is 8.05. The van der Waals surface area contributed by atoms with E-state index in [4.69, 9.17) is 14.5 Å². The molecule has 222 valence electrons. The number of aromatic nitrogens is 1. The van der Waals surface area contributed by atoms with Gasteiger partial charge in [-0.1, -0.05) is 18.2 Å². The second kappa shape index (κ2) is 11.7. The second-order valence-corrected chi connectivity index (χ2v) is 12.4. The van der Waals surface area contributed by atoms with Crippen LogP contribution in [0.15, 0.2) is 59.7 Å². The standard InChI is InChI=1S/C34H38N6O3/c1-22-20-40(29-11-10-24(19-35)31-27(29)8-6-15-36-31)21-30(42-22)32-37-16-12-26-25(7-5-9-28(26)38-32)23-13-17-39(18-14-23)33(41)43-34(2,3)4/h5-11,13,15,22,30H,12,14,16-18,20-21H2,1-4H3,(H,37,38)/t22-,30-/m1/s1. The molecule has 2 atom stereocenters. The van der Waals surface area contributed by atoms with Gasteiger partial charge in [0.25, 0.3) is 0 Å². The van der Waals surface area contributed by atoms with Crippen LogP contribution in [0.3, 0.4) is 0 Å². The molecule has 1 saturated heterocycles. The molecule has 3 aliphatic rings. The van der Waals surface area contributed by atoms with E-state index in [2.05, 4.69) is 52.5 Å². The number of nitrogens with one attached hydrogen (secondary N) is 1. The van der Waals surface area contributed by atoms with Crippen LogP contribution in [-0.4, -0.2) is 72.3 Å². The van der Waals surface area contributed by atoms with Crippen LogP contribution in [0.4, 0.5) is 16.2 Å². The second-order valence-electron chi connectivity index (χ2n) is 12.4. The fourth-order valence-corrected chi connectivity index (χ4v) is 6.14. The minimum absolute atomic E-state index is 0.0139. The summed E-state index contributed by atoms with van der Waals surface area (Å²) in [5.74, 6) is 0.831. The summed E-state index contributed by atoms with van der Waals surface area (Å²) >= 11 is 0. The zero-order chi connectivity index (χ0) is 30.1. The topological polar surface area (TPSA) is 103 Å². The molecule has 1 fully saturated rings. The van der Waals surface area contributed by atoms with Crippen LogP contribution < -0.4 is 10.2 Å². The molecule has 0 bridgehead atoms. The predicted molar refractivity (Wildman–Crippen MR) is 169 cm³/mol. The first kappa shape index (κ1) is 28.7. The molecule has 0 spiro atoms. The number of benzene rings is 2. The smallest absolute Gasteiger partial charge is 0.410 e. The lowest BCUT2D eigenvalue weighted by atomic mass is 9.92. The van der Waals surface area contributed by atoms with Gasteiger partial charge in [-0.3, -0.25) is 4.98 Å². The maximum Gasteiger partial charge on any atom is 0.410 e. The highest BCUT2D eigenvalue weighted by atomic mass is 16.6. The Labute approximate surface area is 252 Å². The molecule has 0 saturated carbocycles. The molecule has 3 aliphatic heterocycles. The van der Waals surface area contributed by atoms with Crippen LogP contribution in [0.5, 0.6) is 0 Å². The van der Waals surface area contributed by atoms with Crippen molar-refractivity contribution in [3.05, 3.63) is 71.4 Å². The van der Waals surface area contributed by atoms with Crippen molar-refractivity contribution in [3.8, 4) is 6.07 Å². The quantitative estimate of drug-likeness (QED) is 0.432. The number of carbonyl (C=O) groups is 1. The summed E-state index contributed by atoms with van der Waals surface area (Å²) in [7, 11) is 0. The van der Waals surface area contributed by atoms with Crippen molar-refractivity contribution in [2.45, 2.75) is 58.3 Å². The summed E-state index contributed by atoms with van der Waals surface area (Å²) in [5.41, 5.74) is 6.44. The largest absolute Gasteiger partial charge is 0.444 e. The average Bonchev–Trinajstić information content (AvgIpc) is 3.22. The number of ether oxygens (including phenoxy) is 2. The Hall–Kier alpha value is -4.42. The number of hydrogen-bond acceptors (Lipinski definition) is 8. The van der Waals surface area contributed by atoms with Crippen LogP contribution in [0.2, 0.25) is 0 Å². The lowest BCUT2D eigenvalue weighted by Crippen LogP contribution is -2.53. The first-order chi connectivity index (χ1) is 20.7.